The molecule has 21 heavy (non-hydrogen) atoms. The van der Waals surface area contributed by atoms with Gasteiger partial charge >= 0.3 is 0 Å². The van der Waals surface area contributed by atoms with Gasteiger partial charge in [-0.1, -0.05) is 6.58 Å². The molecule has 0 radical (unpaired) electrons. The van der Waals surface area contributed by atoms with Crippen molar-refractivity contribution in [2.45, 2.75) is 31.7 Å². The fraction of sp³-hybridized carbons (Fsp3) is 0.733. The molecule has 118 valence electrons. The average molecular weight is 294 g/mol. The minimum atomic E-state index is -0.239. The zero-order valence-electron chi connectivity index (χ0n) is 12.8. The summed E-state index contributed by atoms with van der Waals surface area (Å²) in [4.78, 5) is 27.6. The Hall–Kier alpha value is -1.56. The molecule has 3 N–H and O–H groups in total. The maximum absolute atomic E-state index is 12.3. The molecule has 2 saturated heterocycles. The van der Waals surface area contributed by atoms with E-state index in [1.165, 1.54) is 0 Å². The zero-order chi connectivity index (χ0) is 15.4. The smallest absolute Gasteiger partial charge is 0.240 e. The number of hydrogen-bond acceptors (Lipinski definition) is 4. The Labute approximate surface area is 126 Å². The van der Waals surface area contributed by atoms with E-state index in [4.69, 9.17) is 5.73 Å². The third-order valence-electron chi connectivity index (χ3n) is 4.52. The maximum Gasteiger partial charge on any atom is 0.240 e. The first-order valence-corrected chi connectivity index (χ1v) is 7.71. The molecule has 0 aliphatic carbocycles. The summed E-state index contributed by atoms with van der Waals surface area (Å²) in [6.07, 6.45) is 3.70. The second-order valence-corrected chi connectivity index (χ2v) is 6.00. The molecule has 2 rings (SSSR count). The molecule has 6 nitrogen and oxygen atoms in total. The normalized spacial score (nSPS) is 26.8. The number of nitrogens with zero attached hydrogens (tertiary/aromatic N) is 2. The molecule has 6 heteroatoms. The van der Waals surface area contributed by atoms with Crippen LogP contribution in [0.3, 0.4) is 0 Å². The van der Waals surface area contributed by atoms with Crippen LogP contribution >= 0.6 is 0 Å². The summed E-state index contributed by atoms with van der Waals surface area (Å²) in [5.74, 6) is -0.192. The molecule has 2 fully saturated rings. The van der Waals surface area contributed by atoms with E-state index in [2.05, 4.69) is 16.8 Å². The molecule has 2 amide bonds. The highest BCUT2D eigenvalue weighted by Crippen LogP contribution is 2.21. The number of primary amides is 1. The van der Waals surface area contributed by atoms with E-state index in [-0.39, 0.29) is 23.8 Å². The van der Waals surface area contributed by atoms with Crippen molar-refractivity contribution < 1.29 is 9.59 Å². The second-order valence-electron chi connectivity index (χ2n) is 6.00. The summed E-state index contributed by atoms with van der Waals surface area (Å²) in [5, 5.41) is 3.06. The number of likely N-dealkylation sites (tertiary alicyclic amines) is 2. The van der Waals surface area contributed by atoms with Gasteiger partial charge in [0, 0.05) is 25.3 Å². The van der Waals surface area contributed by atoms with Crippen LogP contribution in [-0.2, 0) is 9.59 Å². The van der Waals surface area contributed by atoms with Crippen molar-refractivity contribution in [1.82, 2.24) is 15.1 Å². The van der Waals surface area contributed by atoms with Crippen LogP contribution in [0, 0.1) is 5.92 Å². The highest BCUT2D eigenvalue weighted by molar-refractivity contribution is 5.82. The van der Waals surface area contributed by atoms with Crippen molar-refractivity contribution >= 4 is 11.8 Å². The average Bonchev–Trinajstić information content (AvgIpc) is 2.49. The number of carbonyl (C=O) groups is 2. The van der Waals surface area contributed by atoms with Crippen molar-refractivity contribution in [3.63, 3.8) is 0 Å². The molecule has 2 aliphatic rings. The van der Waals surface area contributed by atoms with Crippen molar-refractivity contribution in [3.8, 4) is 0 Å². The molecular weight excluding hydrogens is 268 g/mol. The SMILES string of the molecule is C=C(CN1CCC[C@H](NC)C1=O)N1CCCC(C(N)=O)C1. The molecule has 0 bridgehead atoms. The maximum atomic E-state index is 12.3. The minimum absolute atomic E-state index is 0.0775. The van der Waals surface area contributed by atoms with Crippen LogP contribution in [-0.4, -0.2) is 60.9 Å². The molecule has 0 aromatic carbocycles. The third kappa shape index (κ3) is 3.75. The second kappa shape index (κ2) is 6.93. The molecule has 0 aromatic rings. The number of likely N-dealkylation sites (N-methyl/N-ethyl adjacent to an activating group) is 1. The first kappa shape index (κ1) is 15.8. The van der Waals surface area contributed by atoms with Crippen molar-refractivity contribution in [2.75, 3.05) is 33.2 Å². The van der Waals surface area contributed by atoms with Gasteiger partial charge < -0.3 is 20.9 Å². The van der Waals surface area contributed by atoms with Crippen LogP contribution in [0.5, 0.6) is 0 Å². The van der Waals surface area contributed by atoms with Crippen LogP contribution in [0.25, 0.3) is 0 Å². The van der Waals surface area contributed by atoms with Crippen LogP contribution < -0.4 is 11.1 Å². The van der Waals surface area contributed by atoms with E-state index in [1.54, 1.807) is 0 Å². The van der Waals surface area contributed by atoms with E-state index < -0.39 is 0 Å². The van der Waals surface area contributed by atoms with E-state index in [9.17, 15) is 9.59 Å². The Morgan fingerprint density at radius 1 is 1.38 bits per heavy atom. The van der Waals surface area contributed by atoms with Gasteiger partial charge in [0.1, 0.15) is 0 Å². The number of amides is 2. The molecule has 0 saturated carbocycles. The number of nitrogens with two attached hydrogens (primary N) is 1. The number of carbonyl (C=O) groups excluding carboxylic acids is 2. The Morgan fingerprint density at radius 2 is 2.10 bits per heavy atom. The van der Waals surface area contributed by atoms with Gasteiger partial charge in [-0.25, -0.2) is 0 Å². The van der Waals surface area contributed by atoms with Gasteiger partial charge in [-0.15, -0.1) is 0 Å². The van der Waals surface area contributed by atoms with Gasteiger partial charge in [-0.05, 0) is 32.7 Å². The highest BCUT2D eigenvalue weighted by Gasteiger charge is 2.30. The Bertz CT molecular complexity index is 424. The summed E-state index contributed by atoms with van der Waals surface area (Å²) in [6.45, 7) is 6.96. The molecule has 0 aromatic heterocycles. The summed E-state index contributed by atoms with van der Waals surface area (Å²) >= 11 is 0. The molecular formula is C15H26N4O2. The van der Waals surface area contributed by atoms with Crippen LogP contribution in [0.4, 0.5) is 0 Å². The monoisotopic (exact) mass is 294 g/mol. The molecule has 1 unspecified atom stereocenters. The Morgan fingerprint density at radius 3 is 2.76 bits per heavy atom. The number of hydrogen-bond donors (Lipinski definition) is 2. The van der Waals surface area contributed by atoms with Gasteiger partial charge in [-0.3, -0.25) is 9.59 Å². The van der Waals surface area contributed by atoms with Crippen LogP contribution in [0.2, 0.25) is 0 Å². The molecule has 2 heterocycles. The third-order valence-corrected chi connectivity index (χ3v) is 4.52. The summed E-state index contributed by atoms with van der Waals surface area (Å²) < 4.78 is 0. The quantitative estimate of drug-likeness (QED) is 0.743. The lowest BCUT2D eigenvalue weighted by Crippen LogP contribution is -2.51. The van der Waals surface area contributed by atoms with Crippen molar-refractivity contribution in [3.05, 3.63) is 12.3 Å². The lowest BCUT2D eigenvalue weighted by Gasteiger charge is -2.38. The minimum Gasteiger partial charge on any atom is -0.373 e. The Kier molecular flexibility index (Phi) is 5.22. The predicted molar refractivity (Wildman–Crippen MR) is 81.3 cm³/mol. The van der Waals surface area contributed by atoms with Gasteiger partial charge in [-0.2, -0.15) is 0 Å². The fourth-order valence-electron chi connectivity index (χ4n) is 3.18. The molecule has 0 spiro atoms. The lowest BCUT2D eigenvalue weighted by atomic mass is 9.97. The number of piperidine rings is 2. The number of rotatable bonds is 5. The summed E-state index contributed by atoms with van der Waals surface area (Å²) in [6, 6.07) is -0.0775. The van der Waals surface area contributed by atoms with Crippen molar-refractivity contribution in [1.29, 1.82) is 0 Å². The standard InChI is InChI=1S/C15H26N4O2/c1-11(18-7-3-5-12(10-18)14(16)20)9-19-8-4-6-13(17-2)15(19)21/h12-13,17H,1,3-10H2,2H3,(H2,16,20)/t12?,13-/m0/s1. The summed E-state index contributed by atoms with van der Waals surface area (Å²) in [7, 11) is 1.82. The van der Waals surface area contributed by atoms with Crippen LogP contribution in [0.15, 0.2) is 12.3 Å². The largest absolute Gasteiger partial charge is 0.373 e. The first-order valence-electron chi connectivity index (χ1n) is 7.71. The molecule has 2 aliphatic heterocycles. The van der Waals surface area contributed by atoms with E-state index in [1.807, 2.05) is 11.9 Å². The zero-order valence-corrected chi connectivity index (χ0v) is 12.8. The van der Waals surface area contributed by atoms with E-state index in [0.717, 1.165) is 44.5 Å². The lowest BCUT2D eigenvalue weighted by molar-refractivity contribution is -0.135. The van der Waals surface area contributed by atoms with Crippen LogP contribution in [0.1, 0.15) is 25.7 Å². The van der Waals surface area contributed by atoms with Gasteiger partial charge in [0.25, 0.3) is 0 Å². The first-order chi connectivity index (χ1) is 10.0. The van der Waals surface area contributed by atoms with Gasteiger partial charge in [0.2, 0.25) is 11.8 Å². The Balaban J connectivity index is 1.91. The van der Waals surface area contributed by atoms with Gasteiger partial charge in [0.05, 0.1) is 18.5 Å². The van der Waals surface area contributed by atoms with Crippen molar-refractivity contribution in [2.24, 2.45) is 11.7 Å². The van der Waals surface area contributed by atoms with E-state index in [0.29, 0.717) is 13.1 Å². The highest BCUT2D eigenvalue weighted by atomic mass is 16.2. The fourth-order valence-corrected chi connectivity index (χ4v) is 3.18. The predicted octanol–water partition coefficient (Wildman–Crippen LogP) is -0.0922. The topological polar surface area (TPSA) is 78.7 Å². The summed E-state index contributed by atoms with van der Waals surface area (Å²) in [5.41, 5.74) is 6.31. The molecule has 2 atom stereocenters. The number of nitrogens with one attached hydrogen (secondary N) is 1. The van der Waals surface area contributed by atoms with Gasteiger partial charge in [0.15, 0.2) is 0 Å². The van der Waals surface area contributed by atoms with E-state index >= 15 is 0 Å².